The normalized spacial score (nSPS) is 19.7. The van der Waals surface area contributed by atoms with Crippen molar-refractivity contribution in [2.75, 3.05) is 50.7 Å². The van der Waals surface area contributed by atoms with E-state index < -0.39 is 10.0 Å². The maximum absolute atomic E-state index is 13.0. The lowest BCUT2D eigenvalue weighted by atomic mass is 10.1. The lowest BCUT2D eigenvalue weighted by molar-refractivity contribution is 0.0947. The van der Waals surface area contributed by atoms with Crippen LogP contribution in [0.15, 0.2) is 41.3 Å². The third-order valence-electron chi connectivity index (χ3n) is 7.51. The van der Waals surface area contributed by atoms with E-state index in [1.54, 1.807) is 39.9 Å². The third-order valence-corrected chi connectivity index (χ3v) is 11.1. The van der Waals surface area contributed by atoms with Crippen molar-refractivity contribution >= 4 is 54.2 Å². The minimum Gasteiger partial charge on any atom is -0.351 e. The minimum atomic E-state index is -3.54. The number of benzene rings is 2. The zero-order valence-corrected chi connectivity index (χ0v) is 24.2. The van der Waals surface area contributed by atoms with Crippen LogP contribution in [0.2, 0.25) is 5.02 Å². The highest BCUT2D eigenvalue weighted by Crippen LogP contribution is 2.35. The zero-order valence-electron chi connectivity index (χ0n) is 21.8. The van der Waals surface area contributed by atoms with Gasteiger partial charge in [0.15, 0.2) is 5.13 Å². The number of thiazole rings is 1. The quantitative estimate of drug-likeness (QED) is 0.450. The van der Waals surface area contributed by atoms with Crippen LogP contribution >= 0.6 is 22.9 Å². The lowest BCUT2D eigenvalue weighted by Crippen LogP contribution is -2.48. The molecule has 0 saturated carbocycles. The Labute approximate surface area is 233 Å². The van der Waals surface area contributed by atoms with Gasteiger partial charge in [-0.05, 0) is 62.6 Å². The highest BCUT2D eigenvalue weighted by atomic mass is 35.5. The first-order valence-corrected chi connectivity index (χ1v) is 15.8. The summed E-state index contributed by atoms with van der Waals surface area (Å²) in [5, 5.41) is 4.72. The molecule has 1 atom stereocenters. The molecule has 1 aromatic heterocycles. The Hall–Kier alpha value is -2.24. The molecule has 3 aromatic rings. The molecule has 1 amide bonds. The second-order valence-corrected chi connectivity index (χ2v) is 13.4. The number of fused-ring (bicyclic) bond motifs is 1. The van der Waals surface area contributed by atoms with Gasteiger partial charge in [-0.1, -0.05) is 35.4 Å². The molecule has 0 aliphatic carbocycles. The fraction of sp³-hybridized carbons (Fsp3) is 0.481. The molecule has 2 fully saturated rings. The summed E-state index contributed by atoms with van der Waals surface area (Å²) < 4.78 is 28.7. The van der Waals surface area contributed by atoms with Crippen LogP contribution in [-0.4, -0.2) is 80.4 Å². The number of aromatic nitrogens is 1. The molecule has 38 heavy (non-hydrogen) atoms. The molecule has 1 N–H and O–H groups in total. The van der Waals surface area contributed by atoms with Crippen molar-refractivity contribution in [3.63, 3.8) is 0 Å². The molecule has 1 unspecified atom stereocenters. The Bertz CT molecular complexity index is 1360. The van der Waals surface area contributed by atoms with Crippen LogP contribution in [0.4, 0.5) is 5.13 Å². The number of anilines is 1. The SMILES string of the molecule is Cc1ccc(Cl)c2sc(N3CCN(CCNC(=O)c4ccc(S(=O)(=O)N5CCCCC5C)cc4)CC3)nc12. The average molecular weight is 576 g/mol. The van der Waals surface area contributed by atoms with E-state index in [4.69, 9.17) is 16.6 Å². The predicted octanol–water partition coefficient (Wildman–Crippen LogP) is 4.37. The predicted molar refractivity (Wildman–Crippen MR) is 154 cm³/mol. The van der Waals surface area contributed by atoms with E-state index in [2.05, 4.69) is 22.0 Å². The number of nitrogens with zero attached hydrogens (tertiary/aromatic N) is 4. The lowest BCUT2D eigenvalue weighted by Gasteiger charge is -2.34. The number of piperazine rings is 1. The highest BCUT2D eigenvalue weighted by Gasteiger charge is 2.31. The summed E-state index contributed by atoms with van der Waals surface area (Å²) in [5.41, 5.74) is 2.58. The van der Waals surface area contributed by atoms with Crippen LogP contribution in [0.1, 0.15) is 42.1 Å². The number of carbonyl (C=O) groups excluding carboxylic acids is 1. The van der Waals surface area contributed by atoms with Crippen molar-refractivity contribution in [2.45, 2.75) is 44.0 Å². The zero-order chi connectivity index (χ0) is 26.9. The number of piperidine rings is 1. The van der Waals surface area contributed by atoms with Crippen LogP contribution in [0.3, 0.4) is 0 Å². The Kier molecular flexibility index (Phi) is 8.25. The molecule has 3 heterocycles. The fourth-order valence-electron chi connectivity index (χ4n) is 5.16. The summed E-state index contributed by atoms with van der Waals surface area (Å²) in [6, 6.07) is 10.2. The Morgan fingerprint density at radius 3 is 2.50 bits per heavy atom. The number of carbonyl (C=O) groups is 1. The molecular formula is C27H34ClN5O3S2. The van der Waals surface area contributed by atoms with Crippen LogP contribution in [0, 0.1) is 6.92 Å². The summed E-state index contributed by atoms with van der Waals surface area (Å²) in [7, 11) is -3.54. The third kappa shape index (κ3) is 5.70. The van der Waals surface area contributed by atoms with Gasteiger partial charge in [0.2, 0.25) is 10.0 Å². The van der Waals surface area contributed by atoms with E-state index in [-0.39, 0.29) is 16.8 Å². The molecule has 2 aliphatic heterocycles. The fourth-order valence-corrected chi connectivity index (χ4v) is 8.23. The number of aryl methyl sites for hydroxylation is 1. The van der Waals surface area contributed by atoms with E-state index in [0.29, 0.717) is 18.7 Å². The molecule has 0 spiro atoms. The van der Waals surface area contributed by atoms with Crippen LogP contribution in [-0.2, 0) is 10.0 Å². The van der Waals surface area contributed by atoms with Gasteiger partial charge >= 0.3 is 0 Å². The molecule has 2 aliphatic rings. The molecule has 204 valence electrons. The van der Waals surface area contributed by atoms with Gasteiger partial charge in [-0.3, -0.25) is 9.69 Å². The Balaban J connectivity index is 1.10. The van der Waals surface area contributed by atoms with E-state index in [1.807, 2.05) is 19.1 Å². The molecule has 5 rings (SSSR count). The van der Waals surface area contributed by atoms with Gasteiger partial charge in [0, 0.05) is 57.4 Å². The van der Waals surface area contributed by atoms with Crippen molar-refractivity contribution in [3.05, 3.63) is 52.5 Å². The van der Waals surface area contributed by atoms with Crippen molar-refractivity contribution in [2.24, 2.45) is 0 Å². The van der Waals surface area contributed by atoms with Gasteiger partial charge in [-0.25, -0.2) is 13.4 Å². The minimum absolute atomic E-state index is 0.00231. The Morgan fingerprint density at radius 1 is 1.08 bits per heavy atom. The summed E-state index contributed by atoms with van der Waals surface area (Å²) in [6.07, 6.45) is 2.82. The molecule has 2 aromatic carbocycles. The topological polar surface area (TPSA) is 85.8 Å². The number of hydrogen-bond acceptors (Lipinski definition) is 7. The van der Waals surface area contributed by atoms with Crippen molar-refractivity contribution in [1.82, 2.24) is 19.5 Å². The van der Waals surface area contributed by atoms with E-state index in [9.17, 15) is 13.2 Å². The van der Waals surface area contributed by atoms with Crippen molar-refractivity contribution in [3.8, 4) is 0 Å². The van der Waals surface area contributed by atoms with Gasteiger partial charge < -0.3 is 10.2 Å². The molecule has 0 bridgehead atoms. The first-order valence-electron chi connectivity index (χ1n) is 13.2. The summed E-state index contributed by atoms with van der Waals surface area (Å²) in [5.74, 6) is -0.194. The van der Waals surface area contributed by atoms with Gasteiger partial charge in [0.25, 0.3) is 5.91 Å². The number of nitrogens with one attached hydrogen (secondary N) is 1. The summed E-state index contributed by atoms with van der Waals surface area (Å²) in [6.45, 7) is 9.36. The van der Waals surface area contributed by atoms with Crippen molar-refractivity contribution < 1.29 is 13.2 Å². The average Bonchev–Trinajstić information content (AvgIpc) is 3.38. The van der Waals surface area contributed by atoms with E-state index >= 15 is 0 Å². The molecular weight excluding hydrogens is 542 g/mol. The molecule has 8 nitrogen and oxygen atoms in total. The van der Waals surface area contributed by atoms with Crippen LogP contribution < -0.4 is 10.2 Å². The number of rotatable bonds is 7. The van der Waals surface area contributed by atoms with Crippen molar-refractivity contribution in [1.29, 1.82) is 0 Å². The standard InChI is InChI=1S/C27H34ClN5O3S2/c1-19-6-11-23(28)25-24(19)30-27(37-25)32-17-15-31(16-18-32)14-12-29-26(34)21-7-9-22(10-8-21)38(35,36)33-13-4-3-5-20(33)2/h6-11,20H,3-5,12-18H2,1-2H3,(H,29,34). The smallest absolute Gasteiger partial charge is 0.251 e. The molecule has 11 heteroatoms. The highest BCUT2D eigenvalue weighted by molar-refractivity contribution is 7.89. The van der Waals surface area contributed by atoms with Gasteiger partial charge in [0.05, 0.1) is 20.1 Å². The number of hydrogen-bond donors (Lipinski definition) is 1. The first-order chi connectivity index (χ1) is 18.2. The van der Waals surface area contributed by atoms with Gasteiger partial charge in [0.1, 0.15) is 0 Å². The van der Waals surface area contributed by atoms with E-state index in [0.717, 1.165) is 77.9 Å². The summed E-state index contributed by atoms with van der Waals surface area (Å²) >= 11 is 8.02. The number of halogens is 1. The van der Waals surface area contributed by atoms with Crippen LogP contribution in [0.25, 0.3) is 10.2 Å². The van der Waals surface area contributed by atoms with Gasteiger partial charge in [-0.2, -0.15) is 4.31 Å². The van der Waals surface area contributed by atoms with Gasteiger partial charge in [-0.15, -0.1) is 0 Å². The number of sulfonamides is 1. The maximum atomic E-state index is 13.0. The summed E-state index contributed by atoms with van der Waals surface area (Å²) in [4.78, 5) is 22.4. The van der Waals surface area contributed by atoms with E-state index in [1.165, 1.54) is 0 Å². The molecule has 0 radical (unpaired) electrons. The monoisotopic (exact) mass is 575 g/mol. The maximum Gasteiger partial charge on any atom is 0.251 e. The largest absolute Gasteiger partial charge is 0.351 e. The second-order valence-electron chi connectivity index (χ2n) is 10.1. The molecule has 2 saturated heterocycles. The Morgan fingerprint density at radius 2 is 1.82 bits per heavy atom. The number of amides is 1. The second kappa shape index (κ2) is 11.5. The first kappa shape index (κ1) is 27.3. The van der Waals surface area contributed by atoms with Crippen LogP contribution in [0.5, 0.6) is 0 Å².